The summed E-state index contributed by atoms with van der Waals surface area (Å²) in [7, 11) is 1.46. The molecule has 0 radical (unpaired) electrons. The molecule has 0 saturated heterocycles. The highest BCUT2D eigenvalue weighted by molar-refractivity contribution is 7.47. The Labute approximate surface area is 381 Å². The molecule has 10 heteroatoms. The summed E-state index contributed by atoms with van der Waals surface area (Å²) in [6.45, 7) is 4.29. The van der Waals surface area contributed by atoms with E-state index in [0.29, 0.717) is 17.4 Å². The molecule has 1 N–H and O–H groups in total. The Bertz CT molecular complexity index is 1240. The fourth-order valence-electron chi connectivity index (χ4n) is 6.65. The van der Waals surface area contributed by atoms with Gasteiger partial charge in [-0.1, -0.05) is 177 Å². The van der Waals surface area contributed by atoms with Gasteiger partial charge in [0.05, 0.1) is 27.7 Å². The van der Waals surface area contributed by atoms with Crippen LogP contribution in [0.3, 0.4) is 0 Å². The molecule has 0 aromatic carbocycles. The number of phosphoric ester groups is 1. The zero-order valence-corrected chi connectivity index (χ0v) is 41.5. The van der Waals surface area contributed by atoms with Crippen molar-refractivity contribution in [3.05, 3.63) is 60.8 Å². The second kappa shape index (κ2) is 43.9. The van der Waals surface area contributed by atoms with Crippen molar-refractivity contribution in [3.8, 4) is 0 Å². The van der Waals surface area contributed by atoms with Crippen molar-refractivity contribution < 1.29 is 42.1 Å². The lowest BCUT2D eigenvalue weighted by Crippen LogP contribution is -2.37. The van der Waals surface area contributed by atoms with Gasteiger partial charge in [0.2, 0.25) is 0 Å². The van der Waals surface area contributed by atoms with Gasteiger partial charge in [-0.25, -0.2) is 4.57 Å². The molecule has 62 heavy (non-hydrogen) atoms. The van der Waals surface area contributed by atoms with E-state index in [4.69, 9.17) is 18.5 Å². The molecule has 0 fully saturated rings. The minimum atomic E-state index is -4.39. The Hall–Kier alpha value is -2.29. The van der Waals surface area contributed by atoms with Crippen LogP contribution in [-0.4, -0.2) is 74.9 Å². The minimum absolute atomic E-state index is 0.0266. The largest absolute Gasteiger partial charge is 0.472 e. The van der Waals surface area contributed by atoms with Gasteiger partial charge in [0.1, 0.15) is 19.8 Å². The van der Waals surface area contributed by atoms with Gasteiger partial charge in [-0.05, 0) is 77.0 Å². The van der Waals surface area contributed by atoms with Crippen LogP contribution in [0.25, 0.3) is 0 Å². The van der Waals surface area contributed by atoms with Crippen molar-refractivity contribution in [1.82, 2.24) is 0 Å². The van der Waals surface area contributed by atoms with E-state index in [-0.39, 0.29) is 32.0 Å². The van der Waals surface area contributed by atoms with E-state index in [1.165, 1.54) is 103 Å². The monoisotopic (exact) mass is 893 g/mol. The predicted molar refractivity (Wildman–Crippen MR) is 261 cm³/mol. The second-order valence-corrected chi connectivity index (χ2v) is 19.3. The van der Waals surface area contributed by atoms with E-state index >= 15 is 0 Å². The molecular weight excluding hydrogens is 798 g/mol. The highest BCUT2D eigenvalue weighted by Gasteiger charge is 2.27. The number of phosphoric acid groups is 1. The number of quaternary nitrogens is 1. The van der Waals surface area contributed by atoms with Crippen LogP contribution in [0.4, 0.5) is 0 Å². The smallest absolute Gasteiger partial charge is 0.462 e. The third kappa shape index (κ3) is 47.2. The van der Waals surface area contributed by atoms with E-state index in [1.54, 1.807) is 0 Å². The molecule has 9 nitrogen and oxygen atoms in total. The van der Waals surface area contributed by atoms with Gasteiger partial charge in [0.25, 0.3) is 0 Å². The highest BCUT2D eigenvalue weighted by Crippen LogP contribution is 2.43. The normalized spacial score (nSPS) is 14.0. The number of likely N-dealkylation sites (N-methyl/N-ethyl adjacent to an activating group) is 1. The van der Waals surface area contributed by atoms with Crippen molar-refractivity contribution in [2.24, 2.45) is 0 Å². The zero-order chi connectivity index (χ0) is 45.7. The number of nitrogens with zero attached hydrogens (tertiary/aromatic N) is 1. The molecular formula is C52H95NO8P+. The number of hydrogen-bond donors (Lipinski definition) is 1. The van der Waals surface area contributed by atoms with Gasteiger partial charge in [0, 0.05) is 12.8 Å². The number of esters is 2. The van der Waals surface area contributed by atoms with Crippen LogP contribution in [0.1, 0.15) is 206 Å². The average Bonchev–Trinajstić information content (AvgIpc) is 3.23. The van der Waals surface area contributed by atoms with Crippen LogP contribution in [0.15, 0.2) is 60.8 Å². The van der Waals surface area contributed by atoms with Gasteiger partial charge >= 0.3 is 19.8 Å². The molecule has 0 aliphatic rings. The molecule has 0 aliphatic carbocycles. The van der Waals surface area contributed by atoms with Gasteiger partial charge in [-0.3, -0.25) is 18.6 Å². The second-order valence-electron chi connectivity index (χ2n) is 17.8. The van der Waals surface area contributed by atoms with E-state index in [2.05, 4.69) is 74.6 Å². The molecule has 0 rings (SSSR count). The molecule has 0 amide bonds. The summed E-state index contributed by atoms with van der Waals surface area (Å²) in [5.41, 5.74) is 0. The number of allylic oxidation sites excluding steroid dienone is 10. The number of hydrogen-bond acceptors (Lipinski definition) is 7. The van der Waals surface area contributed by atoms with E-state index in [0.717, 1.165) is 70.6 Å². The third-order valence-corrected chi connectivity index (χ3v) is 11.5. The quantitative estimate of drug-likeness (QED) is 0.0212. The first-order valence-corrected chi connectivity index (χ1v) is 26.5. The lowest BCUT2D eigenvalue weighted by Gasteiger charge is -2.24. The summed E-state index contributed by atoms with van der Waals surface area (Å²) >= 11 is 0. The Kier molecular flexibility index (Phi) is 42.3. The molecule has 360 valence electrons. The summed E-state index contributed by atoms with van der Waals surface area (Å²) < 4.78 is 34.4. The lowest BCUT2D eigenvalue weighted by molar-refractivity contribution is -0.870. The number of rotatable bonds is 45. The van der Waals surface area contributed by atoms with Gasteiger partial charge in [0.15, 0.2) is 6.10 Å². The number of carbonyl (C=O) groups excluding carboxylic acids is 2. The first-order chi connectivity index (χ1) is 30.0. The zero-order valence-electron chi connectivity index (χ0n) is 40.6. The summed E-state index contributed by atoms with van der Waals surface area (Å²) in [5, 5.41) is 0. The van der Waals surface area contributed by atoms with E-state index in [1.807, 2.05) is 21.1 Å². The molecule has 0 aromatic heterocycles. The molecule has 0 spiro atoms. The minimum Gasteiger partial charge on any atom is -0.462 e. The fourth-order valence-corrected chi connectivity index (χ4v) is 7.39. The fraction of sp³-hybridized carbons (Fsp3) is 0.769. The molecule has 0 bridgehead atoms. The van der Waals surface area contributed by atoms with Gasteiger partial charge in [-0.2, -0.15) is 0 Å². The first-order valence-electron chi connectivity index (χ1n) is 25.0. The molecule has 0 saturated carbocycles. The van der Waals surface area contributed by atoms with Crippen molar-refractivity contribution in [1.29, 1.82) is 0 Å². The van der Waals surface area contributed by atoms with Crippen molar-refractivity contribution in [3.63, 3.8) is 0 Å². The summed E-state index contributed by atoms with van der Waals surface area (Å²) in [4.78, 5) is 35.5. The Morgan fingerprint density at radius 1 is 0.516 bits per heavy atom. The highest BCUT2D eigenvalue weighted by atomic mass is 31.2. The molecule has 2 atom stereocenters. The van der Waals surface area contributed by atoms with Crippen molar-refractivity contribution >= 4 is 19.8 Å². The van der Waals surface area contributed by atoms with Crippen LogP contribution in [-0.2, 0) is 32.7 Å². The summed E-state index contributed by atoms with van der Waals surface area (Å²) in [5.74, 6) is -0.814. The van der Waals surface area contributed by atoms with Crippen LogP contribution >= 0.6 is 7.82 Å². The number of ether oxygens (including phenoxy) is 2. The maximum absolute atomic E-state index is 12.7. The molecule has 0 heterocycles. The number of carbonyl (C=O) groups is 2. The van der Waals surface area contributed by atoms with Crippen LogP contribution in [0.2, 0.25) is 0 Å². The Balaban J connectivity index is 4.28. The summed E-state index contributed by atoms with van der Waals surface area (Å²) in [6.07, 6.45) is 54.1. The van der Waals surface area contributed by atoms with Crippen LogP contribution in [0, 0.1) is 0 Å². The van der Waals surface area contributed by atoms with E-state index in [9.17, 15) is 19.0 Å². The Morgan fingerprint density at radius 2 is 0.919 bits per heavy atom. The van der Waals surface area contributed by atoms with Gasteiger partial charge in [-0.15, -0.1) is 0 Å². The summed E-state index contributed by atoms with van der Waals surface area (Å²) in [6, 6.07) is 0. The molecule has 0 aromatic rings. The Morgan fingerprint density at radius 3 is 1.37 bits per heavy atom. The van der Waals surface area contributed by atoms with Crippen LogP contribution < -0.4 is 0 Å². The van der Waals surface area contributed by atoms with Crippen molar-refractivity contribution in [2.75, 3.05) is 47.5 Å². The average molecular weight is 893 g/mol. The molecule has 2 unspecified atom stereocenters. The topological polar surface area (TPSA) is 108 Å². The SMILES string of the molecule is CC/C=C\C/C=C\C/C=C\CCCCCCCCCC(=O)OC(COC(=O)CCCCCCCCCCC/C=C\C/C=C\CCCCCCC)COP(=O)(O)OCC[N+](C)(C)C. The van der Waals surface area contributed by atoms with E-state index < -0.39 is 26.5 Å². The maximum Gasteiger partial charge on any atom is 0.472 e. The van der Waals surface area contributed by atoms with Crippen LogP contribution in [0.5, 0.6) is 0 Å². The third-order valence-electron chi connectivity index (χ3n) is 10.5. The first kappa shape index (κ1) is 59.7. The predicted octanol–water partition coefficient (Wildman–Crippen LogP) is 14.8. The van der Waals surface area contributed by atoms with Gasteiger partial charge < -0.3 is 18.9 Å². The molecule has 0 aliphatic heterocycles. The maximum atomic E-state index is 12.7. The lowest BCUT2D eigenvalue weighted by atomic mass is 10.1. The van der Waals surface area contributed by atoms with Crippen molar-refractivity contribution in [2.45, 2.75) is 213 Å². The number of unbranched alkanes of at least 4 members (excludes halogenated alkanes) is 21. The standard InChI is InChI=1S/C52H94NO8P/c1-6-8-10-12-14-16-18-20-22-24-25-26-27-29-30-32-34-36-38-40-42-44-51(54)58-48-50(49-60-62(56,57)59-47-46-53(3,4)5)61-52(55)45-43-41-39-37-35-33-31-28-23-21-19-17-15-13-11-9-7-2/h9,11,15,17-18,20-21,23-25,50H,6-8,10,12-14,16,19,22,26-49H2,1-5H3/p+1/b11-9-,17-15-,20-18-,23-21-,25-24-.